The highest BCUT2D eigenvalue weighted by atomic mass is 32.2. The molecule has 1 aromatic rings. The molecule has 19 heavy (non-hydrogen) atoms. The van der Waals surface area contributed by atoms with Gasteiger partial charge in [0.1, 0.15) is 5.82 Å². The lowest BCUT2D eigenvalue weighted by atomic mass is 10.2. The van der Waals surface area contributed by atoms with Crippen LogP contribution < -0.4 is 5.32 Å². The quantitative estimate of drug-likeness (QED) is 0.722. The minimum Gasteiger partial charge on any atom is -0.391 e. The van der Waals surface area contributed by atoms with Gasteiger partial charge in [0.2, 0.25) is 5.91 Å². The number of hydrogen-bond donors (Lipinski definition) is 2. The summed E-state index contributed by atoms with van der Waals surface area (Å²) < 4.78 is 13.3. The molecule has 0 bridgehead atoms. The van der Waals surface area contributed by atoms with Crippen molar-refractivity contribution in [1.82, 2.24) is 5.32 Å². The Morgan fingerprint density at radius 3 is 2.89 bits per heavy atom. The first kappa shape index (κ1) is 16.0. The van der Waals surface area contributed by atoms with E-state index >= 15 is 0 Å². The van der Waals surface area contributed by atoms with Crippen LogP contribution in [0.25, 0.3) is 0 Å². The number of carbonyl (C=O) groups is 1. The van der Waals surface area contributed by atoms with E-state index in [4.69, 9.17) is 0 Å². The van der Waals surface area contributed by atoms with Crippen LogP contribution in [0.2, 0.25) is 0 Å². The van der Waals surface area contributed by atoms with E-state index in [1.165, 1.54) is 17.8 Å². The zero-order valence-electron chi connectivity index (χ0n) is 11.1. The maximum atomic E-state index is 13.3. The van der Waals surface area contributed by atoms with Gasteiger partial charge in [-0.2, -0.15) is 0 Å². The fraction of sp³-hybridized carbons (Fsp3) is 0.500. The molecule has 0 aliphatic heterocycles. The van der Waals surface area contributed by atoms with Crippen molar-refractivity contribution in [3.8, 4) is 0 Å². The molecular formula is C14H20FNO2S. The third-order valence-corrected chi connectivity index (χ3v) is 3.63. The Kier molecular flexibility index (Phi) is 7.52. The standard InChI is InChI=1S/C14H20FNO2S/c1-2-5-11(17)10-16-14(18)8-9-19-13-7-4-3-6-12(13)15/h3-4,6-7,11,17H,2,5,8-10H2,1H3,(H,16,18). The molecule has 0 spiro atoms. The highest BCUT2D eigenvalue weighted by molar-refractivity contribution is 7.99. The molecule has 1 aromatic carbocycles. The minimum absolute atomic E-state index is 0.112. The molecule has 0 aliphatic carbocycles. The number of rotatable bonds is 8. The van der Waals surface area contributed by atoms with E-state index in [2.05, 4.69) is 5.32 Å². The Morgan fingerprint density at radius 1 is 1.47 bits per heavy atom. The molecule has 0 saturated carbocycles. The lowest BCUT2D eigenvalue weighted by molar-refractivity contribution is -0.121. The fourth-order valence-electron chi connectivity index (χ4n) is 1.57. The highest BCUT2D eigenvalue weighted by Gasteiger charge is 2.07. The van der Waals surface area contributed by atoms with Gasteiger partial charge >= 0.3 is 0 Å². The van der Waals surface area contributed by atoms with E-state index in [9.17, 15) is 14.3 Å². The largest absolute Gasteiger partial charge is 0.391 e. The Balaban J connectivity index is 2.19. The highest BCUT2D eigenvalue weighted by Crippen LogP contribution is 2.21. The second-order valence-electron chi connectivity index (χ2n) is 4.28. The summed E-state index contributed by atoms with van der Waals surface area (Å²) in [4.78, 5) is 12.1. The molecule has 0 aliphatic rings. The molecule has 106 valence electrons. The van der Waals surface area contributed by atoms with E-state index < -0.39 is 6.10 Å². The second kappa shape index (κ2) is 8.93. The van der Waals surface area contributed by atoms with Crippen LogP contribution in [0.3, 0.4) is 0 Å². The van der Waals surface area contributed by atoms with E-state index in [0.717, 1.165) is 6.42 Å². The molecule has 0 fully saturated rings. The predicted octanol–water partition coefficient (Wildman–Crippen LogP) is 2.59. The molecular weight excluding hydrogens is 265 g/mol. The van der Waals surface area contributed by atoms with E-state index in [1.54, 1.807) is 18.2 Å². The van der Waals surface area contributed by atoms with Crippen molar-refractivity contribution in [3.05, 3.63) is 30.1 Å². The van der Waals surface area contributed by atoms with Gasteiger partial charge in [-0.3, -0.25) is 4.79 Å². The van der Waals surface area contributed by atoms with Crippen LogP contribution >= 0.6 is 11.8 Å². The fourth-order valence-corrected chi connectivity index (χ4v) is 2.46. The van der Waals surface area contributed by atoms with Crippen LogP contribution in [0.4, 0.5) is 4.39 Å². The lowest BCUT2D eigenvalue weighted by Crippen LogP contribution is -2.32. The van der Waals surface area contributed by atoms with Crippen LogP contribution in [0, 0.1) is 5.82 Å². The molecule has 0 radical (unpaired) electrons. The van der Waals surface area contributed by atoms with Gasteiger partial charge in [-0.15, -0.1) is 11.8 Å². The monoisotopic (exact) mass is 285 g/mol. The first-order valence-corrected chi connectivity index (χ1v) is 7.44. The normalized spacial score (nSPS) is 12.2. The summed E-state index contributed by atoms with van der Waals surface area (Å²) in [7, 11) is 0. The average molecular weight is 285 g/mol. The van der Waals surface area contributed by atoms with Crippen molar-refractivity contribution >= 4 is 17.7 Å². The lowest BCUT2D eigenvalue weighted by Gasteiger charge is -2.10. The molecule has 3 nitrogen and oxygen atoms in total. The number of carbonyl (C=O) groups excluding carboxylic acids is 1. The molecule has 1 amide bonds. The van der Waals surface area contributed by atoms with Crippen LogP contribution in [0.1, 0.15) is 26.2 Å². The predicted molar refractivity (Wildman–Crippen MR) is 75.7 cm³/mol. The summed E-state index contributed by atoms with van der Waals surface area (Å²) in [6.45, 7) is 2.27. The Hall–Kier alpha value is -1.07. The van der Waals surface area contributed by atoms with Crippen molar-refractivity contribution in [2.45, 2.75) is 37.2 Å². The SMILES string of the molecule is CCCC(O)CNC(=O)CCSc1ccccc1F. The van der Waals surface area contributed by atoms with Gasteiger partial charge in [-0.25, -0.2) is 4.39 Å². The summed E-state index contributed by atoms with van der Waals surface area (Å²) in [5.41, 5.74) is 0. The summed E-state index contributed by atoms with van der Waals surface area (Å²) >= 11 is 1.32. The molecule has 2 N–H and O–H groups in total. The van der Waals surface area contributed by atoms with Gasteiger partial charge in [-0.05, 0) is 18.6 Å². The van der Waals surface area contributed by atoms with Gasteiger partial charge < -0.3 is 10.4 Å². The Morgan fingerprint density at radius 2 is 2.21 bits per heavy atom. The number of halogens is 1. The topological polar surface area (TPSA) is 49.3 Å². The minimum atomic E-state index is -0.479. The number of nitrogens with one attached hydrogen (secondary N) is 1. The van der Waals surface area contributed by atoms with Crippen LogP contribution in [-0.4, -0.2) is 29.4 Å². The van der Waals surface area contributed by atoms with Crippen molar-refractivity contribution in [2.24, 2.45) is 0 Å². The number of aliphatic hydroxyl groups is 1. The van der Waals surface area contributed by atoms with Crippen LogP contribution in [-0.2, 0) is 4.79 Å². The Bertz CT molecular complexity index is 401. The van der Waals surface area contributed by atoms with Gasteiger partial charge in [-0.1, -0.05) is 25.5 Å². The molecule has 1 unspecified atom stereocenters. The summed E-state index contributed by atoms with van der Waals surface area (Å²) in [6, 6.07) is 6.51. The van der Waals surface area contributed by atoms with E-state index in [0.29, 0.717) is 23.5 Å². The summed E-state index contributed by atoms with van der Waals surface area (Å²) in [6.07, 6.45) is 1.41. The first-order chi connectivity index (χ1) is 9.13. The maximum absolute atomic E-state index is 13.3. The third-order valence-electron chi connectivity index (χ3n) is 2.58. The van der Waals surface area contributed by atoms with Crippen molar-refractivity contribution < 1.29 is 14.3 Å². The average Bonchev–Trinajstić information content (AvgIpc) is 2.39. The molecule has 0 heterocycles. The zero-order valence-corrected chi connectivity index (χ0v) is 11.9. The van der Waals surface area contributed by atoms with Crippen molar-refractivity contribution in [3.63, 3.8) is 0 Å². The van der Waals surface area contributed by atoms with Gasteiger partial charge in [0.15, 0.2) is 0 Å². The molecule has 1 atom stereocenters. The van der Waals surface area contributed by atoms with Crippen molar-refractivity contribution in [1.29, 1.82) is 0 Å². The Labute approximate surface area is 117 Å². The van der Waals surface area contributed by atoms with Crippen LogP contribution in [0.5, 0.6) is 0 Å². The summed E-state index contributed by atoms with van der Waals surface area (Å²) in [5.74, 6) is 0.154. The van der Waals surface area contributed by atoms with E-state index in [-0.39, 0.29) is 18.3 Å². The molecule has 1 rings (SSSR count). The zero-order chi connectivity index (χ0) is 14.1. The molecule has 0 saturated heterocycles. The van der Waals surface area contributed by atoms with Crippen molar-refractivity contribution in [2.75, 3.05) is 12.3 Å². The number of amides is 1. The maximum Gasteiger partial charge on any atom is 0.220 e. The molecule has 5 heteroatoms. The first-order valence-electron chi connectivity index (χ1n) is 6.45. The van der Waals surface area contributed by atoms with Gasteiger partial charge in [0.25, 0.3) is 0 Å². The van der Waals surface area contributed by atoms with Gasteiger partial charge in [0.05, 0.1) is 6.10 Å². The number of benzene rings is 1. The summed E-state index contributed by atoms with van der Waals surface area (Å²) in [5, 5.41) is 12.1. The number of aliphatic hydroxyl groups excluding tert-OH is 1. The van der Waals surface area contributed by atoms with Gasteiger partial charge in [0, 0.05) is 23.6 Å². The smallest absolute Gasteiger partial charge is 0.220 e. The number of hydrogen-bond acceptors (Lipinski definition) is 3. The van der Waals surface area contributed by atoms with E-state index in [1.807, 2.05) is 6.92 Å². The van der Waals surface area contributed by atoms with Crippen LogP contribution in [0.15, 0.2) is 29.2 Å². The number of thioether (sulfide) groups is 1. The second-order valence-corrected chi connectivity index (χ2v) is 5.41. The molecule has 0 aromatic heterocycles. The third kappa shape index (κ3) is 6.59.